The number of benzene rings is 1. The van der Waals surface area contributed by atoms with Crippen LogP contribution in [-0.2, 0) is 9.53 Å². The molecule has 0 saturated heterocycles. The van der Waals surface area contributed by atoms with Crippen LogP contribution in [0.4, 0.5) is 0 Å². The lowest BCUT2D eigenvalue weighted by atomic mass is 10.1. The maximum atomic E-state index is 11.8. The fraction of sp³-hybridized carbons (Fsp3) is 0.182. The molecule has 1 aromatic heterocycles. The molecule has 1 aromatic carbocycles. The highest BCUT2D eigenvalue weighted by Gasteiger charge is 2.21. The zero-order valence-electron chi connectivity index (χ0n) is 8.99. The predicted octanol–water partition coefficient (Wildman–Crippen LogP) is 2.07. The fourth-order valence-electron chi connectivity index (χ4n) is 1.50. The number of Topliss-reactive ketones (excluding diaryl/α,β-unsaturated/α-hetero) is 1. The van der Waals surface area contributed by atoms with E-state index < -0.39 is 11.8 Å². The molecule has 1 N–H and O–H groups in total. The monoisotopic (exact) mass is 296 g/mol. The minimum atomic E-state index is -0.862. The van der Waals surface area contributed by atoms with Gasteiger partial charge in [-0.05, 0) is 35.0 Å². The molecule has 2 aromatic rings. The van der Waals surface area contributed by atoms with Crippen molar-refractivity contribution >= 4 is 38.6 Å². The summed E-state index contributed by atoms with van der Waals surface area (Å²) in [7, 11) is 0. The van der Waals surface area contributed by atoms with Gasteiger partial charge in [-0.2, -0.15) is 5.10 Å². The summed E-state index contributed by atoms with van der Waals surface area (Å²) in [6.07, 6.45) is 0. The number of rotatable bonds is 3. The van der Waals surface area contributed by atoms with E-state index in [0.29, 0.717) is 10.1 Å². The third-order valence-corrected chi connectivity index (χ3v) is 2.85. The molecular weight excluding hydrogens is 288 g/mol. The van der Waals surface area contributed by atoms with Crippen molar-refractivity contribution in [1.29, 1.82) is 0 Å². The Hall–Kier alpha value is -1.69. The Morgan fingerprint density at radius 1 is 1.47 bits per heavy atom. The van der Waals surface area contributed by atoms with E-state index in [1.54, 1.807) is 25.1 Å². The molecule has 88 valence electrons. The van der Waals surface area contributed by atoms with Gasteiger partial charge in [0.25, 0.3) is 5.78 Å². The first-order chi connectivity index (χ1) is 8.15. The quantitative estimate of drug-likeness (QED) is 0.535. The number of para-hydroxylation sites is 1. The van der Waals surface area contributed by atoms with E-state index in [0.717, 1.165) is 5.39 Å². The van der Waals surface area contributed by atoms with Gasteiger partial charge in [0.2, 0.25) is 0 Å². The van der Waals surface area contributed by atoms with Crippen molar-refractivity contribution < 1.29 is 14.3 Å². The van der Waals surface area contributed by atoms with E-state index >= 15 is 0 Å². The highest BCUT2D eigenvalue weighted by molar-refractivity contribution is 9.10. The molecule has 0 aliphatic heterocycles. The molecule has 5 nitrogen and oxygen atoms in total. The predicted molar refractivity (Wildman–Crippen MR) is 64.8 cm³/mol. The molecule has 1 heterocycles. The van der Waals surface area contributed by atoms with Crippen LogP contribution >= 0.6 is 15.9 Å². The van der Waals surface area contributed by atoms with Crippen LogP contribution in [0.1, 0.15) is 17.3 Å². The van der Waals surface area contributed by atoms with Crippen LogP contribution in [0, 0.1) is 0 Å². The number of ether oxygens (including phenoxy) is 1. The molecule has 0 aliphatic rings. The zero-order valence-corrected chi connectivity index (χ0v) is 10.6. The molecule has 0 bridgehead atoms. The Morgan fingerprint density at radius 3 is 2.94 bits per heavy atom. The van der Waals surface area contributed by atoms with Crippen LogP contribution in [0.25, 0.3) is 10.9 Å². The maximum Gasteiger partial charge on any atom is 0.379 e. The molecule has 0 spiro atoms. The van der Waals surface area contributed by atoms with Gasteiger partial charge in [-0.1, -0.05) is 6.07 Å². The number of nitrogens with one attached hydrogen (secondary N) is 1. The number of carbonyl (C=O) groups excluding carboxylic acids is 2. The number of carbonyl (C=O) groups is 2. The summed E-state index contributed by atoms with van der Waals surface area (Å²) in [5, 5.41) is 7.44. The van der Waals surface area contributed by atoms with Gasteiger partial charge in [0, 0.05) is 5.39 Å². The number of H-pyrrole nitrogens is 1. The second kappa shape index (κ2) is 4.67. The summed E-state index contributed by atoms with van der Waals surface area (Å²) < 4.78 is 5.35. The SMILES string of the molecule is CCOC(=O)C(=O)c1cccc2c(Br)[nH]nc12. The average molecular weight is 297 g/mol. The normalized spacial score (nSPS) is 10.5. The summed E-state index contributed by atoms with van der Waals surface area (Å²) in [6.45, 7) is 1.82. The smallest absolute Gasteiger partial charge is 0.379 e. The second-order valence-corrected chi connectivity index (χ2v) is 4.08. The van der Waals surface area contributed by atoms with Crippen molar-refractivity contribution in [2.45, 2.75) is 6.92 Å². The zero-order chi connectivity index (χ0) is 12.4. The van der Waals surface area contributed by atoms with Crippen LogP contribution in [-0.4, -0.2) is 28.6 Å². The van der Waals surface area contributed by atoms with E-state index in [9.17, 15) is 9.59 Å². The number of esters is 1. The molecule has 17 heavy (non-hydrogen) atoms. The number of aromatic amines is 1. The van der Waals surface area contributed by atoms with Gasteiger partial charge >= 0.3 is 5.97 Å². The highest BCUT2D eigenvalue weighted by Crippen LogP contribution is 2.23. The molecule has 0 saturated carbocycles. The standard InChI is InChI=1S/C11H9BrN2O3/c1-2-17-11(16)9(15)6-4-3-5-7-8(6)13-14-10(7)12/h3-5H,2H2,1H3,(H,13,14). The lowest BCUT2D eigenvalue weighted by Gasteiger charge is -2.01. The van der Waals surface area contributed by atoms with E-state index in [1.165, 1.54) is 0 Å². The van der Waals surface area contributed by atoms with Crippen molar-refractivity contribution in [3.05, 3.63) is 28.4 Å². The number of hydrogen-bond donors (Lipinski definition) is 1. The highest BCUT2D eigenvalue weighted by atomic mass is 79.9. The van der Waals surface area contributed by atoms with Gasteiger partial charge in [-0.15, -0.1) is 0 Å². The van der Waals surface area contributed by atoms with Crippen molar-refractivity contribution in [2.75, 3.05) is 6.61 Å². The third-order valence-electron chi connectivity index (χ3n) is 2.24. The Balaban J connectivity index is 2.49. The van der Waals surface area contributed by atoms with E-state index in [4.69, 9.17) is 0 Å². The first-order valence-electron chi connectivity index (χ1n) is 4.99. The van der Waals surface area contributed by atoms with E-state index in [1.807, 2.05) is 0 Å². The van der Waals surface area contributed by atoms with Gasteiger partial charge < -0.3 is 4.74 Å². The van der Waals surface area contributed by atoms with Gasteiger partial charge in [-0.3, -0.25) is 9.89 Å². The summed E-state index contributed by atoms with van der Waals surface area (Å²) in [5.74, 6) is -1.55. The largest absolute Gasteiger partial charge is 0.460 e. The number of halogens is 1. The maximum absolute atomic E-state index is 11.8. The van der Waals surface area contributed by atoms with E-state index in [-0.39, 0.29) is 12.2 Å². The van der Waals surface area contributed by atoms with Crippen LogP contribution in [0.15, 0.2) is 22.8 Å². The summed E-state index contributed by atoms with van der Waals surface area (Å²) >= 11 is 3.27. The van der Waals surface area contributed by atoms with E-state index in [2.05, 4.69) is 30.9 Å². The fourth-order valence-corrected chi connectivity index (χ4v) is 1.90. The van der Waals surface area contributed by atoms with Crippen LogP contribution in [0.5, 0.6) is 0 Å². The molecule has 0 fully saturated rings. The summed E-state index contributed by atoms with van der Waals surface area (Å²) in [4.78, 5) is 23.2. The molecular formula is C11H9BrN2O3. The molecule has 0 radical (unpaired) electrons. The van der Waals surface area contributed by atoms with Crippen molar-refractivity contribution in [3.63, 3.8) is 0 Å². The summed E-state index contributed by atoms with van der Waals surface area (Å²) in [5.41, 5.74) is 0.695. The van der Waals surface area contributed by atoms with Crippen molar-refractivity contribution in [2.24, 2.45) is 0 Å². The topological polar surface area (TPSA) is 72.1 Å². The number of hydrogen-bond acceptors (Lipinski definition) is 4. The minimum absolute atomic E-state index is 0.171. The van der Waals surface area contributed by atoms with Gasteiger partial charge in [-0.25, -0.2) is 4.79 Å². The minimum Gasteiger partial charge on any atom is -0.460 e. The van der Waals surface area contributed by atoms with Gasteiger partial charge in [0.15, 0.2) is 0 Å². The number of nitrogens with zero attached hydrogens (tertiary/aromatic N) is 1. The Bertz CT molecular complexity index is 591. The van der Waals surface area contributed by atoms with Crippen LogP contribution < -0.4 is 0 Å². The van der Waals surface area contributed by atoms with Crippen LogP contribution in [0.2, 0.25) is 0 Å². The Labute approximate surface area is 105 Å². The molecule has 6 heteroatoms. The number of aromatic nitrogens is 2. The first-order valence-corrected chi connectivity index (χ1v) is 5.78. The van der Waals surface area contributed by atoms with Gasteiger partial charge in [0.05, 0.1) is 12.2 Å². The second-order valence-electron chi connectivity index (χ2n) is 3.29. The lowest BCUT2D eigenvalue weighted by Crippen LogP contribution is -2.17. The molecule has 0 amide bonds. The number of fused-ring (bicyclic) bond motifs is 1. The first kappa shape index (κ1) is 11.8. The van der Waals surface area contributed by atoms with Crippen LogP contribution in [0.3, 0.4) is 0 Å². The summed E-state index contributed by atoms with van der Waals surface area (Å²) in [6, 6.07) is 5.04. The molecule has 0 atom stereocenters. The molecule has 0 unspecified atom stereocenters. The van der Waals surface area contributed by atoms with Crippen molar-refractivity contribution in [1.82, 2.24) is 10.2 Å². The molecule has 0 aliphatic carbocycles. The molecule has 2 rings (SSSR count). The third kappa shape index (κ3) is 2.08. The lowest BCUT2D eigenvalue weighted by molar-refractivity contribution is -0.137. The van der Waals surface area contributed by atoms with Gasteiger partial charge in [0.1, 0.15) is 10.1 Å². The Kier molecular flexibility index (Phi) is 3.23. The average Bonchev–Trinajstić information content (AvgIpc) is 2.71. The number of ketones is 1. The van der Waals surface area contributed by atoms with Crippen molar-refractivity contribution in [3.8, 4) is 0 Å². The Morgan fingerprint density at radius 2 is 2.24 bits per heavy atom.